The van der Waals surface area contributed by atoms with Gasteiger partial charge in [-0.05, 0) is 74.1 Å². The average molecular weight is 499 g/mol. The zero-order valence-electron chi connectivity index (χ0n) is 22.1. The van der Waals surface area contributed by atoms with Crippen molar-refractivity contribution in [3.63, 3.8) is 0 Å². The van der Waals surface area contributed by atoms with Crippen molar-refractivity contribution in [3.8, 4) is 17.2 Å². The molecule has 0 amide bonds. The maximum atomic E-state index is 14.0. The Morgan fingerprint density at radius 1 is 0.806 bits per heavy atom. The number of carbonyl (C=O) groups excluding carboxylic acids is 1. The minimum Gasteiger partial charge on any atom is -0.494 e. The monoisotopic (exact) mass is 498 g/mol. The quantitative estimate of drug-likeness (QED) is 0.140. The smallest absolute Gasteiger partial charge is 0.343 e. The Balaban J connectivity index is 1.30. The number of benzene rings is 2. The summed E-state index contributed by atoms with van der Waals surface area (Å²) in [7, 11) is 0. The van der Waals surface area contributed by atoms with E-state index >= 15 is 0 Å². The van der Waals surface area contributed by atoms with Crippen LogP contribution in [0.25, 0.3) is 0 Å². The zero-order valence-corrected chi connectivity index (χ0v) is 22.1. The normalized spacial score (nSPS) is 17.5. The van der Waals surface area contributed by atoms with Crippen LogP contribution in [0.4, 0.5) is 4.39 Å². The summed E-state index contributed by atoms with van der Waals surface area (Å²) in [6.07, 6.45) is 16.2. The number of ether oxygens (including phenoxy) is 3. The minimum absolute atomic E-state index is 0.122. The second kappa shape index (κ2) is 15.5. The number of esters is 1. The number of hydrogen-bond donors (Lipinski definition) is 0. The van der Waals surface area contributed by atoms with Gasteiger partial charge in [0, 0.05) is 0 Å². The number of rotatable bonds is 15. The second-order valence-corrected chi connectivity index (χ2v) is 10.0. The van der Waals surface area contributed by atoms with Crippen LogP contribution in [0, 0.1) is 17.7 Å². The standard InChI is InChI=1S/C31H43FO4/c1-3-5-6-7-8-10-24-12-14-25(15-13-24)11-9-22-35-27-17-19-28(20-18-27)36-31(33)26-16-21-30(34-4-2)29(32)23-26/h16-21,23-25H,3-15,22H2,1-2H3. The fraction of sp³-hybridized carbons (Fsp3) is 0.581. The Morgan fingerprint density at radius 2 is 1.44 bits per heavy atom. The highest BCUT2D eigenvalue weighted by atomic mass is 19.1. The SMILES string of the molecule is CCCCCCCC1CCC(CCCOc2ccc(OC(=O)c3ccc(OCC)c(F)c3)cc2)CC1. The fourth-order valence-electron chi connectivity index (χ4n) is 5.08. The van der Waals surface area contributed by atoms with Gasteiger partial charge in [0.25, 0.3) is 0 Å². The van der Waals surface area contributed by atoms with Crippen molar-refractivity contribution >= 4 is 5.97 Å². The van der Waals surface area contributed by atoms with Crippen molar-refractivity contribution in [3.05, 3.63) is 53.8 Å². The maximum Gasteiger partial charge on any atom is 0.343 e. The number of carbonyl (C=O) groups is 1. The molecule has 2 aromatic carbocycles. The highest BCUT2D eigenvalue weighted by molar-refractivity contribution is 5.91. The molecule has 0 spiro atoms. The number of unbranched alkanes of at least 4 members (excludes halogenated alkanes) is 4. The summed E-state index contributed by atoms with van der Waals surface area (Å²) in [6, 6.07) is 11.1. The first-order valence-electron chi connectivity index (χ1n) is 14.0. The Bertz CT molecular complexity index is 903. The van der Waals surface area contributed by atoms with Gasteiger partial charge in [-0.25, -0.2) is 9.18 Å². The molecule has 0 bridgehead atoms. The van der Waals surface area contributed by atoms with Crippen molar-refractivity contribution < 1.29 is 23.4 Å². The van der Waals surface area contributed by atoms with E-state index in [4.69, 9.17) is 14.2 Å². The molecule has 36 heavy (non-hydrogen) atoms. The molecule has 1 aliphatic rings. The topological polar surface area (TPSA) is 44.8 Å². The van der Waals surface area contributed by atoms with Gasteiger partial charge in [-0.1, -0.05) is 71.1 Å². The summed E-state index contributed by atoms with van der Waals surface area (Å²) in [4.78, 5) is 12.3. The van der Waals surface area contributed by atoms with E-state index in [-0.39, 0.29) is 11.3 Å². The van der Waals surface area contributed by atoms with E-state index in [2.05, 4.69) is 6.92 Å². The zero-order chi connectivity index (χ0) is 25.6. The lowest BCUT2D eigenvalue weighted by atomic mass is 9.78. The van der Waals surface area contributed by atoms with Crippen LogP contribution < -0.4 is 14.2 Å². The van der Waals surface area contributed by atoms with Crippen LogP contribution in [0.3, 0.4) is 0 Å². The summed E-state index contributed by atoms with van der Waals surface area (Å²) in [5.41, 5.74) is 0.136. The Labute approximate surface area is 216 Å². The minimum atomic E-state index is -0.614. The van der Waals surface area contributed by atoms with Crippen LogP contribution in [0.15, 0.2) is 42.5 Å². The van der Waals surface area contributed by atoms with Crippen LogP contribution >= 0.6 is 0 Å². The predicted molar refractivity (Wildman–Crippen MR) is 143 cm³/mol. The van der Waals surface area contributed by atoms with Crippen LogP contribution in [0.1, 0.15) is 101 Å². The molecular formula is C31H43FO4. The summed E-state index contributed by atoms with van der Waals surface area (Å²) in [5.74, 6) is 1.88. The molecule has 3 rings (SSSR count). The van der Waals surface area contributed by atoms with Crippen LogP contribution in [0.2, 0.25) is 0 Å². The van der Waals surface area contributed by atoms with Crippen molar-refractivity contribution in [2.75, 3.05) is 13.2 Å². The van der Waals surface area contributed by atoms with Crippen LogP contribution in [-0.2, 0) is 0 Å². The van der Waals surface area contributed by atoms with E-state index in [0.717, 1.165) is 30.1 Å². The summed E-state index contributed by atoms with van der Waals surface area (Å²) in [6.45, 7) is 5.10. The van der Waals surface area contributed by atoms with Crippen LogP contribution in [-0.4, -0.2) is 19.2 Å². The third kappa shape index (κ3) is 9.48. The predicted octanol–water partition coefficient (Wildman–Crippen LogP) is 8.77. The van der Waals surface area contributed by atoms with Gasteiger partial charge in [-0.2, -0.15) is 0 Å². The highest BCUT2D eigenvalue weighted by Gasteiger charge is 2.20. The lowest BCUT2D eigenvalue weighted by Gasteiger charge is -2.28. The molecule has 0 unspecified atom stereocenters. The van der Waals surface area contributed by atoms with Gasteiger partial charge in [-0.3, -0.25) is 0 Å². The van der Waals surface area contributed by atoms with E-state index in [9.17, 15) is 9.18 Å². The first-order valence-corrected chi connectivity index (χ1v) is 14.0. The average Bonchev–Trinajstić information content (AvgIpc) is 2.89. The van der Waals surface area contributed by atoms with E-state index < -0.39 is 11.8 Å². The molecule has 0 saturated heterocycles. The summed E-state index contributed by atoms with van der Waals surface area (Å²) >= 11 is 0. The van der Waals surface area contributed by atoms with Crippen molar-refractivity contribution in [1.82, 2.24) is 0 Å². The lowest BCUT2D eigenvalue weighted by Crippen LogP contribution is -2.15. The van der Waals surface area contributed by atoms with Gasteiger partial charge in [0.15, 0.2) is 11.6 Å². The fourth-order valence-corrected chi connectivity index (χ4v) is 5.08. The molecule has 0 aliphatic heterocycles. The molecule has 0 N–H and O–H groups in total. The van der Waals surface area contributed by atoms with Crippen molar-refractivity contribution in [2.24, 2.45) is 11.8 Å². The largest absolute Gasteiger partial charge is 0.494 e. The molecule has 0 atom stereocenters. The Hall–Kier alpha value is -2.56. The first-order chi connectivity index (χ1) is 17.6. The van der Waals surface area contributed by atoms with Gasteiger partial charge < -0.3 is 14.2 Å². The Morgan fingerprint density at radius 3 is 2.08 bits per heavy atom. The lowest BCUT2D eigenvalue weighted by molar-refractivity contribution is 0.0734. The third-order valence-electron chi connectivity index (χ3n) is 7.21. The van der Waals surface area contributed by atoms with E-state index in [1.807, 2.05) is 0 Å². The molecule has 2 aromatic rings. The summed E-state index contributed by atoms with van der Waals surface area (Å²) < 4.78 is 30.4. The third-order valence-corrected chi connectivity index (χ3v) is 7.21. The number of halogens is 1. The van der Waals surface area contributed by atoms with Gasteiger partial charge in [0.05, 0.1) is 18.8 Å². The van der Waals surface area contributed by atoms with E-state index in [1.165, 1.54) is 82.8 Å². The molecule has 0 heterocycles. The molecule has 0 radical (unpaired) electrons. The Kier molecular flexibility index (Phi) is 12.1. The maximum absolute atomic E-state index is 14.0. The molecule has 1 fully saturated rings. The van der Waals surface area contributed by atoms with Gasteiger partial charge in [0.1, 0.15) is 11.5 Å². The molecule has 198 valence electrons. The van der Waals surface area contributed by atoms with Gasteiger partial charge in [-0.15, -0.1) is 0 Å². The highest BCUT2D eigenvalue weighted by Crippen LogP contribution is 2.34. The van der Waals surface area contributed by atoms with Gasteiger partial charge >= 0.3 is 5.97 Å². The second-order valence-electron chi connectivity index (χ2n) is 10.0. The number of hydrogen-bond acceptors (Lipinski definition) is 4. The van der Waals surface area contributed by atoms with Crippen molar-refractivity contribution in [1.29, 1.82) is 0 Å². The summed E-state index contributed by atoms with van der Waals surface area (Å²) in [5, 5.41) is 0. The van der Waals surface area contributed by atoms with Gasteiger partial charge in [0.2, 0.25) is 0 Å². The molecule has 5 heteroatoms. The van der Waals surface area contributed by atoms with Crippen LogP contribution in [0.5, 0.6) is 17.2 Å². The van der Waals surface area contributed by atoms with E-state index in [0.29, 0.717) is 19.0 Å². The molecule has 1 aliphatic carbocycles. The first kappa shape index (κ1) is 28.0. The molecule has 1 saturated carbocycles. The molecule has 0 aromatic heterocycles. The van der Waals surface area contributed by atoms with Crippen molar-refractivity contribution in [2.45, 2.75) is 90.9 Å². The molecular weight excluding hydrogens is 455 g/mol. The van der Waals surface area contributed by atoms with E-state index in [1.54, 1.807) is 31.2 Å². The molecule has 4 nitrogen and oxygen atoms in total.